The van der Waals surface area contributed by atoms with Gasteiger partial charge in [0.15, 0.2) is 0 Å². The quantitative estimate of drug-likeness (QED) is 0.680. The van der Waals surface area contributed by atoms with E-state index in [1.54, 1.807) is 0 Å². The van der Waals surface area contributed by atoms with Crippen LogP contribution in [0.5, 0.6) is 0 Å². The van der Waals surface area contributed by atoms with Crippen LogP contribution in [0.1, 0.15) is 11.3 Å². The van der Waals surface area contributed by atoms with Gasteiger partial charge in [0.2, 0.25) is 0 Å². The largest absolute Gasteiger partial charge is 0.253 e. The van der Waals surface area contributed by atoms with Crippen molar-refractivity contribution in [2.24, 2.45) is 0 Å². The Balaban J connectivity index is 2.86. The van der Waals surface area contributed by atoms with Crippen molar-refractivity contribution >= 4 is 26.8 Å². The number of benzene rings is 1. The van der Waals surface area contributed by atoms with E-state index in [9.17, 15) is 0 Å². The van der Waals surface area contributed by atoms with Gasteiger partial charge >= 0.3 is 0 Å². The maximum absolute atomic E-state index is 4.47. The maximum Gasteiger partial charge on any atom is 0.0719 e. The summed E-state index contributed by atoms with van der Waals surface area (Å²) in [5, 5.41) is 1.18. The summed E-state index contributed by atoms with van der Waals surface area (Å²) in [6.07, 6.45) is 0. The van der Waals surface area contributed by atoms with Gasteiger partial charge in [-0.2, -0.15) is 0 Å². The van der Waals surface area contributed by atoms with Crippen molar-refractivity contribution in [1.82, 2.24) is 4.98 Å². The van der Waals surface area contributed by atoms with Crippen LogP contribution in [0, 0.1) is 13.8 Å². The van der Waals surface area contributed by atoms with Gasteiger partial charge in [-0.3, -0.25) is 4.98 Å². The molecule has 1 nitrogen and oxygen atoms in total. The van der Waals surface area contributed by atoms with E-state index < -0.39 is 0 Å². The highest BCUT2D eigenvalue weighted by atomic mass is 79.9. The summed E-state index contributed by atoms with van der Waals surface area (Å²) < 4.78 is 1.12. The van der Waals surface area contributed by atoms with Crippen LogP contribution in [0.25, 0.3) is 10.9 Å². The molecule has 0 saturated carbocycles. The van der Waals surface area contributed by atoms with Gasteiger partial charge in [-0.25, -0.2) is 0 Å². The van der Waals surface area contributed by atoms with Crippen molar-refractivity contribution in [1.29, 1.82) is 0 Å². The summed E-state index contributed by atoms with van der Waals surface area (Å²) >= 11 is 3.53. The Morgan fingerprint density at radius 2 is 1.92 bits per heavy atom. The van der Waals surface area contributed by atoms with Crippen LogP contribution in [0.2, 0.25) is 0 Å². The summed E-state index contributed by atoms with van der Waals surface area (Å²) in [4.78, 5) is 4.47. The fraction of sp³-hybridized carbons (Fsp3) is 0.182. The van der Waals surface area contributed by atoms with Gasteiger partial charge in [0, 0.05) is 15.6 Å². The van der Waals surface area contributed by atoms with Crippen LogP contribution >= 0.6 is 15.9 Å². The standard InChI is InChI=1S/C11H10BrN/c1-7-3-4-9-10(12)6-8(2)13-11(9)5-7/h3-6H,1-2H3. The van der Waals surface area contributed by atoms with E-state index >= 15 is 0 Å². The molecule has 2 aromatic rings. The molecule has 2 heteroatoms. The summed E-state index contributed by atoms with van der Waals surface area (Å²) in [5.41, 5.74) is 3.36. The lowest BCUT2D eigenvalue weighted by atomic mass is 10.1. The normalized spacial score (nSPS) is 10.7. The second kappa shape index (κ2) is 3.11. The number of pyridine rings is 1. The average Bonchev–Trinajstić information content (AvgIpc) is 2.02. The molecule has 0 atom stereocenters. The molecule has 0 aliphatic carbocycles. The molecule has 0 saturated heterocycles. The molecule has 0 aliphatic rings. The first-order valence-corrected chi connectivity index (χ1v) is 4.99. The number of aromatic nitrogens is 1. The lowest BCUT2D eigenvalue weighted by Gasteiger charge is -2.02. The summed E-state index contributed by atoms with van der Waals surface area (Å²) in [5.74, 6) is 0. The lowest BCUT2D eigenvalue weighted by Crippen LogP contribution is -1.85. The molecule has 0 spiro atoms. The van der Waals surface area contributed by atoms with E-state index in [-0.39, 0.29) is 0 Å². The second-order valence-corrected chi connectivity index (χ2v) is 4.12. The molecule has 0 amide bonds. The molecule has 1 aromatic carbocycles. The fourth-order valence-electron chi connectivity index (χ4n) is 1.42. The van der Waals surface area contributed by atoms with Crippen molar-refractivity contribution in [2.45, 2.75) is 13.8 Å². The number of aryl methyl sites for hydroxylation is 2. The zero-order valence-corrected chi connectivity index (χ0v) is 9.22. The predicted octanol–water partition coefficient (Wildman–Crippen LogP) is 3.61. The zero-order valence-electron chi connectivity index (χ0n) is 7.63. The Bertz CT molecular complexity index is 458. The number of hydrogen-bond donors (Lipinski definition) is 0. The Kier molecular flexibility index (Phi) is 2.08. The molecule has 0 aliphatic heterocycles. The van der Waals surface area contributed by atoms with E-state index in [0.717, 1.165) is 15.7 Å². The smallest absolute Gasteiger partial charge is 0.0719 e. The minimum Gasteiger partial charge on any atom is -0.253 e. The second-order valence-electron chi connectivity index (χ2n) is 3.27. The fourth-order valence-corrected chi connectivity index (χ4v) is 2.09. The van der Waals surface area contributed by atoms with E-state index in [1.807, 2.05) is 13.0 Å². The van der Waals surface area contributed by atoms with Gasteiger partial charge in [-0.15, -0.1) is 0 Å². The minimum absolute atomic E-state index is 1.05. The van der Waals surface area contributed by atoms with Crippen LogP contribution in [0.15, 0.2) is 28.7 Å². The molecule has 2 rings (SSSR count). The van der Waals surface area contributed by atoms with Crippen molar-refractivity contribution < 1.29 is 0 Å². The van der Waals surface area contributed by atoms with Gasteiger partial charge in [-0.1, -0.05) is 28.1 Å². The van der Waals surface area contributed by atoms with Gasteiger partial charge < -0.3 is 0 Å². The van der Waals surface area contributed by atoms with Crippen molar-refractivity contribution in [3.05, 3.63) is 40.0 Å². The molecule has 13 heavy (non-hydrogen) atoms. The highest BCUT2D eigenvalue weighted by Crippen LogP contribution is 2.23. The monoisotopic (exact) mass is 235 g/mol. The van der Waals surface area contributed by atoms with Crippen LogP contribution in [-0.2, 0) is 0 Å². The molecular formula is C11H10BrN. The molecule has 1 aromatic heterocycles. The average molecular weight is 236 g/mol. The summed E-state index contributed by atoms with van der Waals surface area (Å²) in [7, 11) is 0. The van der Waals surface area contributed by atoms with Gasteiger partial charge in [0.25, 0.3) is 0 Å². The number of fused-ring (bicyclic) bond motifs is 1. The third kappa shape index (κ3) is 1.59. The third-order valence-corrected chi connectivity index (χ3v) is 2.70. The number of nitrogens with zero attached hydrogens (tertiary/aromatic N) is 1. The van der Waals surface area contributed by atoms with Crippen molar-refractivity contribution in [3.8, 4) is 0 Å². The van der Waals surface area contributed by atoms with E-state index in [4.69, 9.17) is 0 Å². The maximum atomic E-state index is 4.47. The first-order chi connectivity index (χ1) is 6.16. The van der Waals surface area contributed by atoms with E-state index in [2.05, 4.69) is 46.0 Å². The van der Waals surface area contributed by atoms with E-state index in [0.29, 0.717) is 0 Å². The molecule has 0 radical (unpaired) electrons. The molecule has 1 heterocycles. The zero-order chi connectivity index (χ0) is 9.42. The Labute approximate surface area is 85.9 Å². The predicted molar refractivity (Wildman–Crippen MR) is 58.9 cm³/mol. The number of halogens is 1. The van der Waals surface area contributed by atoms with Crippen molar-refractivity contribution in [3.63, 3.8) is 0 Å². The minimum atomic E-state index is 1.05. The molecule has 0 unspecified atom stereocenters. The summed E-state index contributed by atoms with van der Waals surface area (Å²) in [6, 6.07) is 8.34. The molecule has 0 fully saturated rings. The molecular weight excluding hydrogens is 226 g/mol. The first-order valence-electron chi connectivity index (χ1n) is 4.20. The molecule has 0 bridgehead atoms. The lowest BCUT2D eigenvalue weighted by molar-refractivity contribution is 1.24. The Hall–Kier alpha value is -0.890. The van der Waals surface area contributed by atoms with Gasteiger partial charge in [-0.05, 0) is 31.5 Å². The Morgan fingerprint density at radius 3 is 2.69 bits per heavy atom. The van der Waals surface area contributed by atoms with Crippen LogP contribution in [0.4, 0.5) is 0 Å². The number of rotatable bonds is 0. The van der Waals surface area contributed by atoms with Gasteiger partial charge in [0.05, 0.1) is 5.52 Å². The van der Waals surface area contributed by atoms with E-state index in [1.165, 1.54) is 10.9 Å². The number of hydrogen-bond acceptors (Lipinski definition) is 1. The topological polar surface area (TPSA) is 12.9 Å². The van der Waals surface area contributed by atoms with Crippen LogP contribution in [0.3, 0.4) is 0 Å². The van der Waals surface area contributed by atoms with Crippen LogP contribution < -0.4 is 0 Å². The summed E-state index contributed by atoms with van der Waals surface area (Å²) in [6.45, 7) is 4.09. The highest BCUT2D eigenvalue weighted by Gasteiger charge is 2.00. The van der Waals surface area contributed by atoms with Gasteiger partial charge in [0.1, 0.15) is 0 Å². The third-order valence-electron chi connectivity index (χ3n) is 2.04. The highest BCUT2D eigenvalue weighted by molar-refractivity contribution is 9.10. The first kappa shape index (κ1) is 8.70. The Morgan fingerprint density at radius 1 is 1.15 bits per heavy atom. The SMILES string of the molecule is Cc1ccc2c(Br)cc(C)nc2c1. The van der Waals surface area contributed by atoms with Crippen LogP contribution in [-0.4, -0.2) is 4.98 Å². The molecule has 66 valence electrons. The molecule has 0 N–H and O–H groups in total. The van der Waals surface area contributed by atoms with Crippen molar-refractivity contribution in [2.75, 3.05) is 0 Å².